The molecule has 1 aromatic carbocycles. The number of hydrogen-bond acceptors (Lipinski definition) is 7. The second-order valence-electron chi connectivity index (χ2n) is 6.75. The average Bonchev–Trinajstić information content (AvgIpc) is 3.34. The molecule has 5 rings (SSSR count). The van der Waals surface area contributed by atoms with Crippen LogP contribution in [0.15, 0.2) is 73.6 Å². The second-order valence-corrected chi connectivity index (χ2v) is 6.75. The SMILES string of the molecule is COc1cc2nc(-n3cc(-c4cccnc4)cn3)nc(-c3cccnc3)c2cc1OC. The highest BCUT2D eigenvalue weighted by Gasteiger charge is 2.16. The Hall–Kier alpha value is -4.33. The van der Waals surface area contributed by atoms with Gasteiger partial charge in [-0.1, -0.05) is 6.07 Å². The first-order valence-corrected chi connectivity index (χ1v) is 9.56. The van der Waals surface area contributed by atoms with Crippen molar-refractivity contribution in [2.24, 2.45) is 0 Å². The summed E-state index contributed by atoms with van der Waals surface area (Å²) in [7, 11) is 3.20. The molecule has 5 aromatic rings. The van der Waals surface area contributed by atoms with Gasteiger partial charge in [0.15, 0.2) is 11.5 Å². The fraction of sp³-hybridized carbons (Fsp3) is 0.0870. The lowest BCUT2D eigenvalue weighted by Gasteiger charge is -2.12. The third kappa shape index (κ3) is 3.44. The van der Waals surface area contributed by atoms with Crippen LogP contribution in [-0.2, 0) is 0 Å². The molecule has 0 fully saturated rings. The van der Waals surface area contributed by atoms with Gasteiger partial charge in [-0.05, 0) is 24.3 Å². The zero-order chi connectivity index (χ0) is 21.2. The van der Waals surface area contributed by atoms with E-state index in [4.69, 9.17) is 19.4 Å². The summed E-state index contributed by atoms with van der Waals surface area (Å²) in [6.45, 7) is 0. The molecule has 0 aliphatic carbocycles. The van der Waals surface area contributed by atoms with E-state index in [0.717, 1.165) is 27.8 Å². The van der Waals surface area contributed by atoms with Gasteiger partial charge in [0.1, 0.15) is 0 Å². The van der Waals surface area contributed by atoms with Gasteiger partial charge in [0.25, 0.3) is 5.95 Å². The van der Waals surface area contributed by atoms with Crippen LogP contribution in [0.5, 0.6) is 11.5 Å². The molecule has 0 radical (unpaired) electrons. The highest BCUT2D eigenvalue weighted by Crippen LogP contribution is 2.35. The average molecular weight is 410 g/mol. The Morgan fingerprint density at radius 3 is 2.16 bits per heavy atom. The number of aromatic nitrogens is 6. The van der Waals surface area contributed by atoms with Gasteiger partial charge in [0, 0.05) is 59.1 Å². The number of methoxy groups -OCH3 is 2. The van der Waals surface area contributed by atoms with Crippen molar-refractivity contribution in [2.45, 2.75) is 0 Å². The van der Waals surface area contributed by atoms with Crippen molar-refractivity contribution >= 4 is 10.9 Å². The maximum absolute atomic E-state index is 5.48. The smallest absolute Gasteiger partial charge is 0.251 e. The van der Waals surface area contributed by atoms with E-state index < -0.39 is 0 Å². The van der Waals surface area contributed by atoms with Crippen molar-refractivity contribution in [3.05, 3.63) is 73.6 Å². The summed E-state index contributed by atoms with van der Waals surface area (Å²) >= 11 is 0. The van der Waals surface area contributed by atoms with Crippen molar-refractivity contribution < 1.29 is 9.47 Å². The van der Waals surface area contributed by atoms with Gasteiger partial charge in [-0.25, -0.2) is 14.6 Å². The van der Waals surface area contributed by atoms with Crippen LogP contribution in [0.1, 0.15) is 0 Å². The monoisotopic (exact) mass is 410 g/mol. The predicted octanol–water partition coefficient (Wildman–Crippen LogP) is 3.96. The van der Waals surface area contributed by atoms with E-state index >= 15 is 0 Å². The van der Waals surface area contributed by atoms with E-state index in [0.29, 0.717) is 23.0 Å². The molecule has 0 saturated heterocycles. The Kier molecular flexibility index (Phi) is 4.72. The van der Waals surface area contributed by atoms with Gasteiger partial charge >= 0.3 is 0 Å². The molecule has 0 bridgehead atoms. The quantitative estimate of drug-likeness (QED) is 0.433. The molecule has 0 spiro atoms. The Balaban J connectivity index is 1.72. The topological polar surface area (TPSA) is 87.8 Å². The molecular weight excluding hydrogens is 392 g/mol. The molecule has 0 N–H and O–H groups in total. The van der Waals surface area contributed by atoms with Gasteiger partial charge in [0.2, 0.25) is 0 Å². The molecule has 0 aliphatic rings. The Labute approximate surface area is 178 Å². The summed E-state index contributed by atoms with van der Waals surface area (Å²) in [4.78, 5) is 18.0. The van der Waals surface area contributed by atoms with Crippen LogP contribution in [0.2, 0.25) is 0 Å². The molecule has 8 nitrogen and oxygen atoms in total. The maximum Gasteiger partial charge on any atom is 0.251 e. The lowest BCUT2D eigenvalue weighted by molar-refractivity contribution is 0.356. The molecule has 31 heavy (non-hydrogen) atoms. The van der Waals surface area contributed by atoms with E-state index in [1.165, 1.54) is 0 Å². The predicted molar refractivity (Wildman–Crippen MR) is 116 cm³/mol. The van der Waals surface area contributed by atoms with E-state index in [2.05, 4.69) is 15.1 Å². The summed E-state index contributed by atoms with van der Waals surface area (Å²) in [5.41, 5.74) is 4.19. The normalized spacial score (nSPS) is 10.9. The molecule has 152 valence electrons. The van der Waals surface area contributed by atoms with E-state index in [1.807, 2.05) is 42.6 Å². The fourth-order valence-corrected chi connectivity index (χ4v) is 3.38. The first-order valence-electron chi connectivity index (χ1n) is 9.56. The van der Waals surface area contributed by atoms with Crippen LogP contribution in [0.3, 0.4) is 0 Å². The molecule has 0 aliphatic heterocycles. The number of ether oxygens (including phenoxy) is 2. The molecular formula is C23H18N6O2. The summed E-state index contributed by atoms with van der Waals surface area (Å²) in [6.07, 6.45) is 10.7. The van der Waals surface area contributed by atoms with Crippen LogP contribution in [0.4, 0.5) is 0 Å². The van der Waals surface area contributed by atoms with Crippen molar-refractivity contribution in [3.63, 3.8) is 0 Å². The summed E-state index contributed by atoms with van der Waals surface area (Å²) in [5, 5.41) is 5.30. The molecule has 4 heterocycles. The molecule has 0 amide bonds. The van der Waals surface area contributed by atoms with Gasteiger partial charge in [0.05, 0.1) is 31.6 Å². The standard InChI is InChI=1S/C23H18N6O2/c1-30-20-9-18-19(10-21(20)31-2)27-23(28-22(18)16-6-4-8-25-12-16)29-14-17(13-26-29)15-5-3-7-24-11-15/h3-14H,1-2H3. The van der Waals surface area contributed by atoms with Gasteiger partial charge in [-0.2, -0.15) is 5.10 Å². The minimum absolute atomic E-state index is 0.439. The lowest BCUT2D eigenvalue weighted by Crippen LogP contribution is -2.04. The van der Waals surface area contributed by atoms with Crippen molar-refractivity contribution in [2.75, 3.05) is 14.2 Å². The first-order chi connectivity index (χ1) is 15.3. The second kappa shape index (κ2) is 7.83. The molecule has 4 aromatic heterocycles. The zero-order valence-electron chi connectivity index (χ0n) is 16.9. The van der Waals surface area contributed by atoms with Crippen LogP contribution in [0, 0.1) is 0 Å². The Morgan fingerprint density at radius 2 is 1.48 bits per heavy atom. The van der Waals surface area contributed by atoms with Gasteiger partial charge in [-0.3, -0.25) is 9.97 Å². The molecule has 0 atom stereocenters. The van der Waals surface area contributed by atoms with Crippen LogP contribution in [0.25, 0.3) is 39.2 Å². The number of hydrogen-bond donors (Lipinski definition) is 0. The highest BCUT2D eigenvalue weighted by atomic mass is 16.5. The van der Waals surface area contributed by atoms with Crippen LogP contribution in [-0.4, -0.2) is 43.9 Å². The van der Waals surface area contributed by atoms with Crippen LogP contribution < -0.4 is 9.47 Å². The number of pyridine rings is 2. The van der Waals surface area contributed by atoms with Crippen molar-refractivity contribution in [1.29, 1.82) is 0 Å². The first kappa shape index (κ1) is 18.7. The zero-order valence-corrected chi connectivity index (χ0v) is 16.9. The molecule has 8 heteroatoms. The van der Waals surface area contributed by atoms with E-state index in [1.54, 1.807) is 49.9 Å². The van der Waals surface area contributed by atoms with Crippen LogP contribution >= 0.6 is 0 Å². The number of rotatable bonds is 5. The lowest BCUT2D eigenvalue weighted by atomic mass is 10.1. The Morgan fingerprint density at radius 1 is 0.774 bits per heavy atom. The van der Waals surface area contributed by atoms with Crippen molar-refractivity contribution in [3.8, 4) is 39.8 Å². The summed E-state index contributed by atoms with van der Waals surface area (Å²) < 4.78 is 12.6. The number of benzene rings is 1. The molecule has 0 saturated carbocycles. The van der Waals surface area contributed by atoms with Gasteiger partial charge < -0.3 is 9.47 Å². The van der Waals surface area contributed by atoms with Gasteiger partial charge in [-0.15, -0.1) is 0 Å². The largest absolute Gasteiger partial charge is 0.493 e. The summed E-state index contributed by atoms with van der Waals surface area (Å²) in [5.74, 6) is 1.64. The minimum atomic E-state index is 0.439. The number of fused-ring (bicyclic) bond motifs is 1. The van der Waals surface area contributed by atoms with Crippen molar-refractivity contribution in [1.82, 2.24) is 29.7 Å². The maximum atomic E-state index is 5.48. The van der Waals surface area contributed by atoms with E-state index in [-0.39, 0.29) is 0 Å². The molecule has 0 unspecified atom stereocenters. The van der Waals surface area contributed by atoms with E-state index in [9.17, 15) is 0 Å². The number of nitrogens with zero attached hydrogens (tertiary/aromatic N) is 6. The summed E-state index contributed by atoms with van der Waals surface area (Å²) in [6, 6.07) is 11.4. The third-order valence-electron chi connectivity index (χ3n) is 4.91. The fourth-order valence-electron chi connectivity index (χ4n) is 3.38. The minimum Gasteiger partial charge on any atom is -0.493 e. The third-order valence-corrected chi connectivity index (χ3v) is 4.91. The Bertz CT molecular complexity index is 1350. The highest BCUT2D eigenvalue weighted by molar-refractivity contribution is 5.94.